The standard InChI is InChI=1S/C18H20ClFN2O3S/c1-12(14-4-8-16(20)9-5-14)21-18(23)13(2)22(26(3,24)25)17-10-6-15(19)7-11-17/h4-13H,1-3H3,(H,21,23)/t12-,13+/m1/s1. The molecule has 0 fully saturated rings. The van der Waals surface area contributed by atoms with E-state index >= 15 is 0 Å². The number of sulfonamides is 1. The minimum atomic E-state index is -3.70. The summed E-state index contributed by atoms with van der Waals surface area (Å²) in [6, 6.07) is 10.5. The Kier molecular flexibility index (Phi) is 6.26. The number of amides is 1. The van der Waals surface area contributed by atoms with Gasteiger partial charge in [0.15, 0.2) is 0 Å². The average molecular weight is 399 g/mol. The zero-order chi connectivity index (χ0) is 19.5. The molecule has 0 bridgehead atoms. The van der Waals surface area contributed by atoms with Crippen LogP contribution in [-0.2, 0) is 14.8 Å². The van der Waals surface area contributed by atoms with Crippen LogP contribution in [0.25, 0.3) is 0 Å². The van der Waals surface area contributed by atoms with Crippen molar-refractivity contribution in [2.45, 2.75) is 25.9 Å². The minimum absolute atomic E-state index is 0.342. The number of benzene rings is 2. The molecule has 8 heteroatoms. The Morgan fingerprint density at radius 2 is 1.62 bits per heavy atom. The summed E-state index contributed by atoms with van der Waals surface area (Å²) in [5, 5.41) is 3.22. The van der Waals surface area contributed by atoms with E-state index in [4.69, 9.17) is 11.6 Å². The fourth-order valence-electron chi connectivity index (χ4n) is 2.57. The number of halogens is 2. The van der Waals surface area contributed by atoms with Gasteiger partial charge in [-0.25, -0.2) is 12.8 Å². The summed E-state index contributed by atoms with van der Waals surface area (Å²) in [6.07, 6.45) is 1.04. The first-order valence-corrected chi connectivity index (χ1v) is 10.1. The highest BCUT2D eigenvalue weighted by atomic mass is 35.5. The van der Waals surface area contributed by atoms with E-state index in [-0.39, 0.29) is 5.82 Å². The maximum Gasteiger partial charge on any atom is 0.244 e. The fourth-order valence-corrected chi connectivity index (χ4v) is 3.87. The lowest BCUT2D eigenvalue weighted by Gasteiger charge is -2.29. The number of anilines is 1. The molecular formula is C18H20ClFN2O3S. The number of hydrogen-bond donors (Lipinski definition) is 1. The maximum atomic E-state index is 13.0. The van der Waals surface area contributed by atoms with Crippen molar-refractivity contribution >= 4 is 33.2 Å². The van der Waals surface area contributed by atoms with Gasteiger partial charge in [-0.3, -0.25) is 9.10 Å². The van der Waals surface area contributed by atoms with Crippen LogP contribution in [0.4, 0.5) is 10.1 Å². The fraction of sp³-hybridized carbons (Fsp3) is 0.278. The Hall–Kier alpha value is -2.12. The molecule has 140 valence electrons. The van der Waals surface area contributed by atoms with Crippen molar-refractivity contribution in [2.75, 3.05) is 10.6 Å². The van der Waals surface area contributed by atoms with Gasteiger partial charge in [-0.05, 0) is 55.8 Å². The van der Waals surface area contributed by atoms with Crippen LogP contribution in [0.2, 0.25) is 5.02 Å². The molecule has 0 aliphatic heterocycles. The molecule has 0 heterocycles. The van der Waals surface area contributed by atoms with Crippen LogP contribution in [-0.4, -0.2) is 26.6 Å². The number of carbonyl (C=O) groups is 1. The molecular weight excluding hydrogens is 379 g/mol. The van der Waals surface area contributed by atoms with Gasteiger partial charge in [0.1, 0.15) is 11.9 Å². The Morgan fingerprint density at radius 3 is 2.12 bits per heavy atom. The number of carbonyl (C=O) groups excluding carboxylic acids is 1. The van der Waals surface area contributed by atoms with Crippen LogP contribution in [0, 0.1) is 5.82 Å². The van der Waals surface area contributed by atoms with Gasteiger partial charge >= 0.3 is 0 Å². The molecule has 1 amide bonds. The van der Waals surface area contributed by atoms with Crippen molar-refractivity contribution in [2.24, 2.45) is 0 Å². The van der Waals surface area contributed by atoms with Crippen LogP contribution in [0.1, 0.15) is 25.5 Å². The predicted octanol–water partition coefficient (Wildman–Crippen LogP) is 3.51. The first-order chi connectivity index (χ1) is 12.1. The molecule has 2 aromatic carbocycles. The van der Waals surface area contributed by atoms with Crippen LogP contribution in [0.5, 0.6) is 0 Å². The van der Waals surface area contributed by atoms with Crippen molar-refractivity contribution < 1.29 is 17.6 Å². The zero-order valence-electron chi connectivity index (χ0n) is 14.6. The smallest absolute Gasteiger partial charge is 0.244 e. The van der Waals surface area contributed by atoms with Crippen LogP contribution < -0.4 is 9.62 Å². The first-order valence-electron chi connectivity index (χ1n) is 7.90. The average Bonchev–Trinajstić information content (AvgIpc) is 2.56. The molecule has 0 aromatic heterocycles. The van der Waals surface area contributed by atoms with Gasteiger partial charge < -0.3 is 5.32 Å². The summed E-state index contributed by atoms with van der Waals surface area (Å²) < 4.78 is 38.5. The van der Waals surface area contributed by atoms with Gasteiger partial charge in [-0.2, -0.15) is 0 Å². The summed E-state index contributed by atoms with van der Waals surface area (Å²) in [4.78, 5) is 12.6. The van der Waals surface area contributed by atoms with Gasteiger partial charge in [0.05, 0.1) is 18.0 Å². The molecule has 1 N–H and O–H groups in total. The second-order valence-corrected chi connectivity index (χ2v) is 8.29. The van der Waals surface area contributed by atoms with E-state index in [1.165, 1.54) is 31.2 Å². The van der Waals surface area contributed by atoms with E-state index in [1.807, 2.05) is 0 Å². The molecule has 0 aliphatic rings. The van der Waals surface area contributed by atoms with Crippen molar-refractivity contribution in [3.8, 4) is 0 Å². The normalized spacial score (nSPS) is 13.7. The lowest BCUT2D eigenvalue weighted by Crippen LogP contribution is -2.48. The summed E-state index contributed by atoms with van der Waals surface area (Å²) in [5.41, 5.74) is 1.05. The molecule has 0 radical (unpaired) electrons. The molecule has 0 unspecified atom stereocenters. The highest BCUT2D eigenvalue weighted by Gasteiger charge is 2.29. The second kappa shape index (κ2) is 8.05. The summed E-state index contributed by atoms with van der Waals surface area (Å²) >= 11 is 5.85. The SMILES string of the molecule is C[C@@H](NC(=O)[C@H](C)N(c1ccc(Cl)cc1)S(C)(=O)=O)c1ccc(F)cc1. The van der Waals surface area contributed by atoms with Crippen molar-refractivity contribution in [3.63, 3.8) is 0 Å². The molecule has 0 spiro atoms. The highest BCUT2D eigenvalue weighted by molar-refractivity contribution is 7.92. The topological polar surface area (TPSA) is 66.5 Å². The van der Waals surface area contributed by atoms with Crippen LogP contribution >= 0.6 is 11.6 Å². The van der Waals surface area contributed by atoms with Gasteiger partial charge in [-0.1, -0.05) is 23.7 Å². The Morgan fingerprint density at radius 1 is 1.08 bits per heavy atom. The Labute approximate surface area is 157 Å². The number of nitrogens with zero attached hydrogens (tertiary/aromatic N) is 1. The third-order valence-corrected chi connectivity index (χ3v) is 5.39. The molecule has 2 atom stereocenters. The van der Waals surface area contributed by atoms with Crippen LogP contribution in [0.3, 0.4) is 0 Å². The van der Waals surface area contributed by atoms with E-state index in [0.717, 1.165) is 10.6 Å². The maximum absolute atomic E-state index is 13.0. The van der Waals surface area contributed by atoms with Gasteiger partial charge in [0, 0.05) is 5.02 Å². The molecule has 0 saturated heterocycles. The molecule has 5 nitrogen and oxygen atoms in total. The predicted molar refractivity (Wildman–Crippen MR) is 101 cm³/mol. The lowest BCUT2D eigenvalue weighted by molar-refractivity contribution is -0.122. The van der Waals surface area contributed by atoms with Gasteiger partial charge in [-0.15, -0.1) is 0 Å². The van der Waals surface area contributed by atoms with E-state index in [0.29, 0.717) is 16.3 Å². The zero-order valence-corrected chi connectivity index (χ0v) is 16.2. The number of nitrogens with one attached hydrogen (secondary N) is 1. The molecule has 26 heavy (non-hydrogen) atoms. The minimum Gasteiger partial charge on any atom is -0.348 e. The molecule has 0 saturated carbocycles. The van der Waals surface area contributed by atoms with Crippen LogP contribution in [0.15, 0.2) is 48.5 Å². The third-order valence-electron chi connectivity index (χ3n) is 3.90. The number of hydrogen-bond acceptors (Lipinski definition) is 3. The van der Waals surface area contributed by atoms with Crippen molar-refractivity contribution in [1.82, 2.24) is 5.32 Å². The van der Waals surface area contributed by atoms with Crippen molar-refractivity contribution in [3.05, 3.63) is 64.9 Å². The summed E-state index contributed by atoms with van der Waals surface area (Å²) in [7, 11) is -3.70. The Balaban J connectivity index is 2.22. The van der Waals surface area contributed by atoms with E-state index in [2.05, 4.69) is 5.32 Å². The van der Waals surface area contributed by atoms with E-state index < -0.39 is 28.0 Å². The molecule has 2 rings (SSSR count). The third kappa shape index (κ3) is 4.95. The molecule has 2 aromatic rings. The molecule has 0 aliphatic carbocycles. The van der Waals surface area contributed by atoms with Crippen molar-refractivity contribution in [1.29, 1.82) is 0 Å². The van der Waals surface area contributed by atoms with E-state index in [1.54, 1.807) is 31.2 Å². The summed E-state index contributed by atoms with van der Waals surface area (Å²) in [6.45, 7) is 3.24. The Bertz CT molecular complexity index is 870. The largest absolute Gasteiger partial charge is 0.348 e. The van der Waals surface area contributed by atoms with Gasteiger partial charge in [0.25, 0.3) is 0 Å². The number of rotatable bonds is 6. The highest BCUT2D eigenvalue weighted by Crippen LogP contribution is 2.23. The summed E-state index contributed by atoms with van der Waals surface area (Å²) in [5.74, 6) is -0.839. The van der Waals surface area contributed by atoms with Gasteiger partial charge in [0.2, 0.25) is 15.9 Å². The lowest BCUT2D eigenvalue weighted by atomic mass is 10.1. The quantitative estimate of drug-likeness (QED) is 0.809. The second-order valence-electron chi connectivity index (χ2n) is 5.99. The first kappa shape index (κ1) is 20.2. The van der Waals surface area contributed by atoms with E-state index in [9.17, 15) is 17.6 Å². The monoisotopic (exact) mass is 398 g/mol.